The summed E-state index contributed by atoms with van der Waals surface area (Å²) in [6.07, 6.45) is 2.75. The summed E-state index contributed by atoms with van der Waals surface area (Å²) in [4.78, 5) is 6.46. The van der Waals surface area contributed by atoms with Gasteiger partial charge in [0.2, 0.25) is 0 Å². The van der Waals surface area contributed by atoms with E-state index < -0.39 is 0 Å². The van der Waals surface area contributed by atoms with E-state index in [0.29, 0.717) is 5.69 Å². The van der Waals surface area contributed by atoms with Crippen molar-refractivity contribution < 1.29 is 0 Å². The second-order valence-corrected chi connectivity index (χ2v) is 5.35. The largest absolute Gasteiger partial charge is 0.397 e. The average molecular weight is 320 g/mol. The molecule has 2 aromatic rings. The van der Waals surface area contributed by atoms with Gasteiger partial charge in [-0.1, -0.05) is 19.1 Å². The van der Waals surface area contributed by atoms with Crippen LogP contribution in [0, 0.1) is 6.92 Å². The quantitative estimate of drug-likeness (QED) is 0.927. The molecule has 0 aliphatic carbocycles. The summed E-state index contributed by atoms with van der Waals surface area (Å²) in [5.74, 6) is 0.871. The molecular weight excluding hydrogens is 302 g/mol. The molecule has 0 saturated carbocycles. The lowest BCUT2D eigenvalue weighted by molar-refractivity contribution is 1.09. The minimum absolute atomic E-state index is 0.699. The molecule has 0 unspecified atom stereocenters. The molecule has 0 amide bonds. The molecule has 100 valence electrons. The first-order valence-corrected chi connectivity index (χ1v) is 7.07. The highest BCUT2D eigenvalue weighted by molar-refractivity contribution is 9.10. The van der Waals surface area contributed by atoms with E-state index in [1.165, 1.54) is 5.56 Å². The van der Waals surface area contributed by atoms with Gasteiger partial charge in [-0.3, -0.25) is 0 Å². The number of halogens is 1. The third kappa shape index (κ3) is 2.73. The van der Waals surface area contributed by atoms with Crippen LogP contribution in [0.2, 0.25) is 0 Å². The summed E-state index contributed by atoms with van der Waals surface area (Å²) < 4.78 is 0.939. The van der Waals surface area contributed by atoms with Gasteiger partial charge < -0.3 is 10.6 Å². The first kappa shape index (κ1) is 13.9. The van der Waals surface area contributed by atoms with Crippen molar-refractivity contribution in [3.05, 3.63) is 46.1 Å². The van der Waals surface area contributed by atoms with Gasteiger partial charge in [-0.25, -0.2) is 4.98 Å². The molecule has 0 saturated heterocycles. The van der Waals surface area contributed by atoms with E-state index in [9.17, 15) is 0 Å². The van der Waals surface area contributed by atoms with Gasteiger partial charge >= 0.3 is 0 Å². The van der Waals surface area contributed by atoms with E-state index in [4.69, 9.17) is 5.73 Å². The number of hydrogen-bond acceptors (Lipinski definition) is 3. The first-order chi connectivity index (χ1) is 9.04. The van der Waals surface area contributed by atoms with Crippen LogP contribution in [0.15, 0.2) is 34.9 Å². The lowest BCUT2D eigenvalue weighted by Crippen LogP contribution is -2.13. The predicted octanol–water partition coefficient (Wildman–Crippen LogP) is 4.07. The van der Waals surface area contributed by atoms with Gasteiger partial charge in [0.25, 0.3) is 0 Å². The van der Waals surface area contributed by atoms with Crippen LogP contribution in [-0.2, 0) is 6.42 Å². The van der Waals surface area contributed by atoms with Gasteiger partial charge in [-0.15, -0.1) is 0 Å². The van der Waals surface area contributed by atoms with Gasteiger partial charge in [0, 0.05) is 12.7 Å². The van der Waals surface area contributed by atoms with Crippen LogP contribution in [0.4, 0.5) is 17.2 Å². The number of nitrogens with zero attached hydrogens (tertiary/aromatic N) is 2. The number of benzene rings is 1. The van der Waals surface area contributed by atoms with E-state index in [0.717, 1.165) is 28.0 Å². The maximum Gasteiger partial charge on any atom is 0.147 e. The van der Waals surface area contributed by atoms with Crippen molar-refractivity contribution >= 4 is 33.1 Å². The molecule has 4 heteroatoms. The summed E-state index contributed by atoms with van der Waals surface area (Å²) >= 11 is 3.57. The minimum Gasteiger partial charge on any atom is -0.397 e. The lowest BCUT2D eigenvalue weighted by atomic mass is 10.1. The highest BCUT2D eigenvalue weighted by atomic mass is 79.9. The highest BCUT2D eigenvalue weighted by Gasteiger charge is 2.12. The Morgan fingerprint density at radius 2 is 1.89 bits per heavy atom. The Morgan fingerprint density at radius 3 is 2.47 bits per heavy atom. The third-order valence-corrected chi connectivity index (χ3v) is 4.28. The molecule has 0 aliphatic heterocycles. The molecule has 1 aromatic carbocycles. The maximum absolute atomic E-state index is 5.86. The zero-order valence-corrected chi connectivity index (χ0v) is 13.0. The molecule has 2 N–H and O–H groups in total. The van der Waals surface area contributed by atoms with Crippen LogP contribution >= 0.6 is 15.9 Å². The second kappa shape index (κ2) is 5.61. The average Bonchev–Trinajstić information content (AvgIpc) is 2.44. The normalized spacial score (nSPS) is 10.5. The topological polar surface area (TPSA) is 42.2 Å². The molecule has 0 aliphatic rings. The Hall–Kier alpha value is -1.55. The molecule has 0 atom stereocenters. The van der Waals surface area contributed by atoms with Crippen molar-refractivity contribution in [3.63, 3.8) is 0 Å². The van der Waals surface area contributed by atoms with Crippen molar-refractivity contribution in [2.75, 3.05) is 17.7 Å². The zero-order chi connectivity index (χ0) is 14.0. The zero-order valence-electron chi connectivity index (χ0n) is 11.4. The van der Waals surface area contributed by atoms with Crippen LogP contribution < -0.4 is 10.6 Å². The number of nitrogen functional groups attached to an aromatic ring is 1. The van der Waals surface area contributed by atoms with Crippen LogP contribution in [0.25, 0.3) is 0 Å². The Balaban J connectivity index is 2.38. The fourth-order valence-electron chi connectivity index (χ4n) is 1.89. The van der Waals surface area contributed by atoms with Crippen molar-refractivity contribution in [2.24, 2.45) is 0 Å². The first-order valence-electron chi connectivity index (χ1n) is 6.27. The van der Waals surface area contributed by atoms with Crippen molar-refractivity contribution in [3.8, 4) is 0 Å². The molecule has 0 bridgehead atoms. The monoisotopic (exact) mass is 319 g/mol. The number of aromatic nitrogens is 1. The maximum atomic E-state index is 5.86. The van der Waals surface area contributed by atoms with E-state index in [1.54, 1.807) is 6.20 Å². The molecule has 0 spiro atoms. The number of nitrogens with two attached hydrogens (primary N) is 1. The Labute approximate surface area is 122 Å². The summed E-state index contributed by atoms with van der Waals surface area (Å²) in [6, 6.07) is 8.51. The smallest absolute Gasteiger partial charge is 0.147 e. The summed E-state index contributed by atoms with van der Waals surface area (Å²) in [7, 11) is 2.00. The molecule has 0 radical (unpaired) electrons. The number of pyridine rings is 1. The van der Waals surface area contributed by atoms with Crippen molar-refractivity contribution in [1.29, 1.82) is 0 Å². The van der Waals surface area contributed by atoms with Gasteiger partial charge in [-0.2, -0.15) is 0 Å². The standard InChI is InChI=1S/C15H18BrN3/c1-4-11-5-7-12(8-6-11)19(3)15-14(16)10(2)13(17)9-18-15/h5-9H,4,17H2,1-3H3. The van der Waals surface area contributed by atoms with Crippen molar-refractivity contribution in [1.82, 2.24) is 4.98 Å². The molecule has 0 fully saturated rings. The summed E-state index contributed by atoms with van der Waals surface area (Å²) in [5, 5.41) is 0. The van der Waals surface area contributed by atoms with E-state index in [1.807, 2.05) is 14.0 Å². The van der Waals surface area contributed by atoms with Crippen LogP contribution in [-0.4, -0.2) is 12.0 Å². The highest BCUT2D eigenvalue weighted by Crippen LogP contribution is 2.33. The molecule has 1 heterocycles. The van der Waals surface area contributed by atoms with Crippen LogP contribution in [0.5, 0.6) is 0 Å². The van der Waals surface area contributed by atoms with Crippen molar-refractivity contribution in [2.45, 2.75) is 20.3 Å². The number of rotatable bonds is 3. The van der Waals surface area contributed by atoms with Gasteiger partial charge in [0.05, 0.1) is 16.4 Å². The number of aryl methyl sites for hydroxylation is 1. The fraction of sp³-hybridized carbons (Fsp3) is 0.267. The third-order valence-electron chi connectivity index (χ3n) is 3.33. The van der Waals surface area contributed by atoms with E-state index >= 15 is 0 Å². The Bertz CT molecular complexity index is 579. The Kier molecular flexibility index (Phi) is 4.10. The van der Waals surface area contributed by atoms with Gasteiger partial charge in [0.15, 0.2) is 0 Å². The van der Waals surface area contributed by atoms with Gasteiger partial charge in [0.1, 0.15) is 5.82 Å². The molecule has 1 aromatic heterocycles. The lowest BCUT2D eigenvalue weighted by Gasteiger charge is -2.21. The molecule has 3 nitrogen and oxygen atoms in total. The molecule has 19 heavy (non-hydrogen) atoms. The number of anilines is 3. The van der Waals surface area contributed by atoms with Gasteiger partial charge in [-0.05, 0) is 52.5 Å². The SMILES string of the molecule is CCc1ccc(N(C)c2ncc(N)c(C)c2Br)cc1. The summed E-state index contributed by atoms with van der Waals surface area (Å²) in [5.41, 5.74) is 10.0. The summed E-state index contributed by atoms with van der Waals surface area (Å²) in [6.45, 7) is 4.14. The van der Waals surface area contributed by atoms with Crippen LogP contribution in [0.1, 0.15) is 18.1 Å². The second-order valence-electron chi connectivity index (χ2n) is 4.56. The van der Waals surface area contributed by atoms with E-state index in [2.05, 4.69) is 57.0 Å². The number of hydrogen-bond donors (Lipinski definition) is 1. The minimum atomic E-state index is 0.699. The molecular formula is C15H18BrN3. The van der Waals surface area contributed by atoms with E-state index in [-0.39, 0.29) is 0 Å². The predicted molar refractivity (Wildman–Crippen MR) is 85.0 cm³/mol. The Morgan fingerprint density at radius 1 is 1.26 bits per heavy atom. The molecule has 2 rings (SSSR count). The fourth-order valence-corrected chi connectivity index (χ4v) is 2.49. The van der Waals surface area contributed by atoms with Crippen LogP contribution in [0.3, 0.4) is 0 Å².